The van der Waals surface area contributed by atoms with E-state index in [9.17, 15) is 0 Å². The molecule has 0 fully saturated rings. The van der Waals surface area contributed by atoms with Crippen molar-refractivity contribution in [3.05, 3.63) is 23.8 Å². The summed E-state index contributed by atoms with van der Waals surface area (Å²) < 4.78 is 2.07. The first kappa shape index (κ1) is 12.5. The van der Waals surface area contributed by atoms with Crippen LogP contribution in [0.2, 0.25) is 0 Å². The molecule has 0 aliphatic carbocycles. The second-order valence-electron chi connectivity index (χ2n) is 4.41. The van der Waals surface area contributed by atoms with Crippen LogP contribution in [0.5, 0.6) is 0 Å². The van der Waals surface area contributed by atoms with Crippen LogP contribution in [0.4, 0.5) is 5.82 Å². The molecule has 100 valence electrons. The van der Waals surface area contributed by atoms with Gasteiger partial charge in [0.2, 0.25) is 0 Å². The van der Waals surface area contributed by atoms with Crippen LogP contribution in [0.1, 0.15) is 25.1 Å². The number of nitrogens with zero attached hydrogens (tertiary/aromatic N) is 4. The van der Waals surface area contributed by atoms with Gasteiger partial charge >= 0.3 is 0 Å². The van der Waals surface area contributed by atoms with Crippen LogP contribution >= 0.6 is 11.8 Å². The van der Waals surface area contributed by atoms with E-state index in [1.807, 2.05) is 24.3 Å². The summed E-state index contributed by atoms with van der Waals surface area (Å²) in [6.07, 6.45) is 3.66. The predicted molar refractivity (Wildman–Crippen MR) is 78.1 cm³/mol. The molecule has 0 saturated heterocycles. The molecule has 19 heavy (non-hydrogen) atoms. The van der Waals surface area contributed by atoms with E-state index in [-0.39, 0.29) is 0 Å². The fourth-order valence-corrected chi connectivity index (χ4v) is 3.28. The molecular weight excluding hydrogens is 258 g/mol. The lowest BCUT2D eigenvalue weighted by Gasteiger charge is -2.11. The Kier molecular flexibility index (Phi) is 3.42. The van der Waals surface area contributed by atoms with E-state index in [0.717, 1.165) is 47.6 Å². The lowest BCUT2D eigenvalue weighted by molar-refractivity contribution is 0.763. The van der Waals surface area contributed by atoms with E-state index in [4.69, 9.17) is 4.98 Å². The van der Waals surface area contributed by atoms with Crippen molar-refractivity contribution in [2.45, 2.75) is 31.9 Å². The summed E-state index contributed by atoms with van der Waals surface area (Å²) in [6, 6.07) is 0. The standard InChI is InChI=1S/C13H17N5S/c1-3-15-12-9-6-19-7-10(9)16-13(17-12)11-5-14-8-18(11)4-2/h5,8H,3-4,6-7H2,1-2H3,(H,15,16,17). The first-order chi connectivity index (χ1) is 9.33. The normalized spacial score (nSPS) is 13.6. The van der Waals surface area contributed by atoms with Gasteiger partial charge in [-0.05, 0) is 13.8 Å². The Morgan fingerprint density at radius 1 is 1.32 bits per heavy atom. The molecule has 0 radical (unpaired) electrons. The van der Waals surface area contributed by atoms with Gasteiger partial charge in [0.15, 0.2) is 5.82 Å². The number of aromatic nitrogens is 4. The lowest BCUT2D eigenvalue weighted by Crippen LogP contribution is -2.08. The Labute approximate surface area is 116 Å². The molecule has 5 nitrogen and oxygen atoms in total. The van der Waals surface area contributed by atoms with Gasteiger partial charge < -0.3 is 9.88 Å². The van der Waals surface area contributed by atoms with Crippen LogP contribution in [0, 0.1) is 0 Å². The molecule has 1 aliphatic rings. The third-order valence-corrected chi connectivity index (χ3v) is 4.17. The molecule has 0 aromatic carbocycles. The Morgan fingerprint density at radius 2 is 2.21 bits per heavy atom. The molecule has 2 aromatic rings. The van der Waals surface area contributed by atoms with E-state index >= 15 is 0 Å². The van der Waals surface area contributed by atoms with E-state index in [1.165, 1.54) is 5.56 Å². The van der Waals surface area contributed by atoms with Crippen LogP contribution in [0.25, 0.3) is 11.5 Å². The number of fused-ring (bicyclic) bond motifs is 1. The minimum atomic E-state index is 0.775. The number of rotatable bonds is 4. The van der Waals surface area contributed by atoms with E-state index in [1.54, 1.807) is 0 Å². The number of hydrogen-bond acceptors (Lipinski definition) is 5. The highest BCUT2D eigenvalue weighted by Crippen LogP contribution is 2.34. The van der Waals surface area contributed by atoms with Gasteiger partial charge in [-0.15, -0.1) is 0 Å². The van der Waals surface area contributed by atoms with Gasteiger partial charge in [-0.25, -0.2) is 15.0 Å². The van der Waals surface area contributed by atoms with Crippen LogP contribution in [-0.2, 0) is 18.1 Å². The Morgan fingerprint density at radius 3 is 3.00 bits per heavy atom. The summed E-state index contributed by atoms with van der Waals surface area (Å²) in [5.41, 5.74) is 3.41. The number of thioether (sulfide) groups is 1. The summed E-state index contributed by atoms with van der Waals surface area (Å²) in [7, 11) is 0. The highest BCUT2D eigenvalue weighted by molar-refractivity contribution is 7.98. The Bertz CT molecular complexity index is 593. The fourth-order valence-electron chi connectivity index (χ4n) is 2.24. The summed E-state index contributed by atoms with van der Waals surface area (Å²) in [5.74, 6) is 3.74. The molecule has 0 spiro atoms. The molecule has 3 heterocycles. The average Bonchev–Trinajstić information content (AvgIpc) is 3.07. The maximum Gasteiger partial charge on any atom is 0.180 e. The zero-order valence-electron chi connectivity index (χ0n) is 11.2. The van der Waals surface area contributed by atoms with Crippen molar-refractivity contribution in [2.24, 2.45) is 0 Å². The Balaban J connectivity index is 2.10. The predicted octanol–water partition coefficient (Wildman–Crippen LogP) is 2.54. The maximum absolute atomic E-state index is 4.71. The molecule has 0 amide bonds. The molecule has 3 rings (SSSR count). The molecular formula is C13H17N5S. The van der Waals surface area contributed by atoms with Crippen molar-refractivity contribution >= 4 is 17.6 Å². The minimum Gasteiger partial charge on any atom is -0.370 e. The summed E-state index contributed by atoms with van der Waals surface area (Å²) in [4.78, 5) is 13.6. The number of hydrogen-bond donors (Lipinski definition) is 1. The van der Waals surface area contributed by atoms with Gasteiger partial charge in [-0.2, -0.15) is 11.8 Å². The molecule has 0 saturated carbocycles. The van der Waals surface area contributed by atoms with Gasteiger partial charge in [-0.3, -0.25) is 0 Å². The highest BCUT2D eigenvalue weighted by atomic mass is 32.2. The molecule has 2 aromatic heterocycles. The molecule has 0 unspecified atom stereocenters. The second-order valence-corrected chi connectivity index (χ2v) is 5.39. The SMILES string of the molecule is CCNc1nc(-c2cncn2CC)nc2c1CSC2. The van der Waals surface area contributed by atoms with E-state index in [0.29, 0.717) is 0 Å². The topological polar surface area (TPSA) is 55.6 Å². The van der Waals surface area contributed by atoms with Crippen molar-refractivity contribution in [2.75, 3.05) is 11.9 Å². The summed E-state index contributed by atoms with van der Waals surface area (Å²) in [6.45, 7) is 5.94. The van der Waals surface area contributed by atoms with Crippen LogP contribution in [0.3, 0.4) is 0 Å². The zero-order valence-corrected chi connectivity index (χ0v) is 12.0. The summed E-state index contributed by atoms with van der Waals surface area (Å²) >= 11 is 1.89. The Hall–Kier alpha value is -1.56. The lowest BCUT2D eigenvalue weighted by atomic mass is 10.2. The van der Waals surface area contributed by atoms with Crippen molar-refractivity contribution < 1.29 is 0 Å². The average molecular weight is 275 g/mol. The summed E-state index contributed by atoms with van der Waals surface area (Å²) in [5, 5.41) is 3.35. The minimum absolute atomic E-state index is 0.775. The number of anilines is 1. The van der Waals surface area contributed by atoms with Gasteiger partial charge in [0.1, 0.15) is 11.5 Å². The zero-order chi connectivity index (χ0) is 13.2. The number of imidazole rings is 1. The van der Waals surface area contributed by atoms with Crippen LogP contribution in [0.15, 0.2) is 12.5 Å². The fraction of sp³-hybridized carbons (Fsp3) is 0.462. The monoisotopic (exact) mass is 275 g/mol. The molecule has 0 bridgehead atoms. The third kappa shape index (κ3) is 2.20. The van der Waals surface area contributed by atoms with Crippen LogP contribution < -0.4 is 5.32 Å². The van der Waals surface area contributed by atoms with Crippen molar-refractivity contribution in [3.63, 3.8) is 0 Å². The molecule has 0 atom stereocenters. The smallest absolute Gasteiger partial charge is 0.180 e. The maximum atomic E-state index is 4.71. The van der Waals surface area contributed by atoms with E-state index < -0.39 is 0 Å². The molecule has 1 N–H and O–H groups in total. The van der Waals surface area contributed by atoms with Gasteiger partial charge in [-0.1, -0.05) is 0 Å². The van der Waals surface area contributed by atoms with Gasteiger partial charge in [0, 0.05) is 30.2 Å². The van der Waals surface area contributed by atoms with Crippen molar-refractivity contribution in [1.29, 1.82) is 0 Å². The quantitative estimate of drug-likeness (QED) is 0.929. The van der Waals surface area contributed by atoms with Gasteiger partial charge in [0.05, 0.1) is 18.2 Å². The first-order valence-corrected chi connectivity index (χ1v) is 7.70. The third-order valence-electron chi connectivity index (χ3n) is 3.20. The number of nitrogens with one attached hydrogen (secondary N) is 1. The molecule has 6 heteroatoms. The van der Waals surface area contributed by atoms with E-state index in [2.05, 4.69) is 33.7 Å². The van der Waals surface area contributed by atoms with Crippen molar-refractivity contribution in [1.82, 2.24) is 19.5 Å². The first-order valence-electron chi connectivity index (χ1n) is 6.55. The largest absolute Gasteiger partial charge is 0.370 e. The van der Waals surface area contributed by atoms with Crippen molar-refractivity contribution in [3.8, 4) is 11.5 Å². The number of aryl methyl sites for hydroxylation is 1. The molecule has 1 aliphatic heterocycles. The highest BCUT2D eigenvalue weighted by Gasteiger charge is 2.21. The van der Waals surface area contributed by atoms with Crippen LogP contribution in [-0.4, -0.2) is 26.1 Å². The second kappa shape index (κ2) is 5.21. The van der Waals surface area contributed by atoms with Gasteiger partial charge in [0.25, 0.3) is 0 Å².